The molecule has 0 aliphatic carbocycles. The molecule has 3 amide bonds. The molecular formula is C29H29N3O5. The van der Waals surface area contributed by atoms with Gasteiger partial charge in [0.2, 0.25) is 12.0 Å². The van der Waals surface area contributed by atoms with Gasteiger partial charge in [-0.3, -0.25) is 14.4 Å². The van der Waals surface area contributed by atoms with Gasteiger partial charge in [-0.1, -0.05) is 60.7 Å². The highest BCUT2D eigenvalue weighted by Gasteiger charge is 2.35. The Bertz CT molecular complexity index is 1240. The number of fused-ring (bicyclic) bond motifs is 1. The number of piperazine rings is 1. The Hall–Kier alpha value is -4.33. The van der Waals surface area contributed by atoms with Gasteiger partial charge in [-0.05, 0) is 29.8 Å². The molecule has 2 aliphatic heterocycles. The number of carbonyl (C=O) groups is 3. The molecule has 0 radical (unpaired) electrons. The van der Waals surface area contributed by atoms with Crippen LogP contribution in [0.25, 0.3) is 0 Å². The maximum atomic E-state index is 13.5. The first kappa shape index (κ1) is 24.4. The summed E-state index contributed by atoms with van der Waals surface area (Å²) in [6.07, 6.45) is -0.336. The van der Waals surface area contributed by atoms with Crippen molar-refractivity contribution in [1.29, 1.82) is 0 Å². The first-order chi connectivity index (χ1) is 18.1. The second-order valence-electron chi connectivity index (χ2n) is 9.10. The van der Waals surface area contributed by atoms with Crippen molar-refractivity contribution in [2.75, 3.05) is 32.8 Å². The lowest BCUT2D eigenvalue weighted by Gasteiger charge is -2.38. The van der Waals surface area contributed by atoms with Gasteiger partial charge in [0.25, 0.3) is 11.8 Å². The van der Waals surface area contributed by atoms with Gasteiger partial charge in [0.05, 0.1) is 0 Å². The number of amides is 3. The number of nitrogens with one attached hydrogen (secondary N) is 1. The fraction of sp³-hybridized carbons (Fsp3) is 0.276. The molecule has 8 heteroatoms. The molecule has 3 aromatic rings. The zero-order valence-electron chi connectivity index (χ0n) is 20.4. The molecule has 0 bridgehead atoms. The zero-order chi connectivity index (χ0) is 25.6. The van der Waals surface area contributed by atoms with E-state index in [4.69, 9.17) is 9.47 Å². The topological polar surface area (TPSA) is 88.2 Å². The quantitative estimate of drug-likeness (QED) is 0.563. The molecule has 8 nitrogen and oxygen atoms in total. The first-order valence-corrected chi connectivity index (χ1v) is 12.4. The standard InChI is InChI=1S/C29H29N3O5/c33-27(22-11-5-2-6-12-22)30-23(19-21-9-3-1-4-10-21)28(34)31-15-17-32(18-16-31)29(35)26-20-36-24-13-7-8-14-25(24)37-26/h1-14,23,26H,15-20H2,(H,30,33)/t23-,26-/m0/s1. The van der Waals surface area contributed by atoms with Crippen molar-refractivity contribution < 1.29 is 23.9 Å². The van der Waals surface area contributed by atoms with Gasteiger partial charge in [-0.25, -0.2) is 0 Å². The molecule has 1 fully saturated rings. The molecule has 0 spiro atoms. The van der Waals surface area contributed by atoms with Gasteiger partial charge < -0.3 is 24.6 Å². The Morgan fingerprint density at radius 3 is 2.08 bits per heavy atom. The van der Waals surface area contributed by atoms with E-state index in [1.165, 1.54) is 0 Å². The summed E-state index contributed by atoms with van der Waals surface area (Å²) >= 11 is 0. The summed E-state index contributed by atoms with van der Waals surface area (Å²) in [6, 6.07) is 25.0. The van der Waals surface area contributed by atoms with Crippen LogP contribution in [0.4, 0.5) is 0 Å². The van der Waals surface area contributed by atoms with Crippen molar-refractivity contribution in [3.8, 4) is 11.5 Å². The number of hydrogen-bond donors (Lipinski definition) is 1. The third kappa shape index (κ3) is 5.74. The fourth-order valence-corrected chi connectivity index (χ4v) is 4.59. The Kier molecular flexibility index (Phi) is 7.35. The van der Waals surface area contributed by atoms with Gasteiger partial charge in [-0.15, -0.1) is 0 Å². The largest absolute Gasteiger partial charge is 0.485 e. The van der Waals surface area contributed by atoms with E-state index in [0.717, 1.165) is 5.56 Å². The van der Waals surface area contributed by atoms with E-state index in [2.05, 4.69) is 5.32 Å². The lowest BCUT2D eigenvalue weighted by molar-refractivity contribution is -0.146. The summed E-state index contributed by atoms with van der Waals surface area (Å²) in [5, 5.41) is 2.93. The average Bonchev–Trinajstić information content (AvgIpc) is 2.97. The van der Waals surface area contributed by atoms with Crippen LogP contribution in [0, 0.1) is 0 Å². The third-order valence-electron chi connectivity index (χ3n) is 6.61. The minimum Gasteiger partial charge on any atom is -0.485 e. The smallest absolute Gasteiger partial charge is 0.267 e. The van der Waals surface area contributed by atoms with Crippen LogP contribution in [0.5, 0.6) is 11.5 Å². The van der Waals surface area contributed by atoms with Gasteiger partial charge in [0.15, 0.2) is 11.5 Å². The average molecular weight is 500 g/mol. The molecule has 2 heterocycles. The Morgan fingerprint density at radius 2 is 1.38 bits per heavy atom. The van der Waals surface area contributed by atoms with E-state index in [0.29, 0.717) is 49.7 Å². The number of benzene rings is 3. The number of carbonyl (C=O) groups excluding carboxylic acids is 3. The predicted molar refractivity (Wildman–Crippen MR) is 137 cm³/mol. The number of rotatable bonds is 6. The van der Waals surface area contributed by atoms with Crippen LogP contribution in [-0.4, -0.2) is 72.5 Å². The highest BCUT2D eigenvalue weighted by atomic mass is 16.6. The van der Waals surface area contributed by atoms with E-state index < -0.39 is 12.1 Å². The van der Waals surface area contributed by atoms with Gasteiger partial charge in [0, 0.05) is 38.2 Å². The van der Waals surface area contributed by atoms with E-state index >= 15 is 0 Å². The lowest BCUT2D eigenvalue weighted by Crippen LogP contribution is -2.58. The van der Waals surface area contributed by atoms with Crippen LogP contribution in [0.1, 0.15) is 15.9 Å². The molecule has 2 aliphatic rings. The lowest BCUT2D eigenvalue weighted by atomic mass is 10.0. The summed E-state index contributed by atoms with van der Waals surface area (Å²) in [4.78, 5) is 42.9. The third-order valence-corrected chi connectivity index (χ3v) is 6.61. The monoisotopic (exact) mass is 499 g/mol. The molecule has 2 atom stereocenters. The van der Waals surface area contributed by atoms with Crippen molar-refractivity contribution in [1.82, 2.24) is 15.1 Å². The number of hydrogen-bond acceptors (Lipinski definition) is 5. The zero-order valence-corrected chi connectivity index (χ0v) is 20.4. The molecule has 190 valence electrons. The van der Waals surface area contributed by atoms with E-state index in [1.54, 1.807) is 40.1 Å². The van der Waals surface area contributed by atoms with Crippen LogP contribution < -0.4 is 14.8 Å². The van der Waals surface area contributed by atoms with Crippen molar-refractivity contribution in [2.24, 2.45) is 0 Å². The van der Waals surface area contributed by atoms with Crippen LogP contribution >= 0.6 is 0 Å². The van der Waals surface area contributed by atoms with Gasteiger partial charge >= 0.3 is 0 Å². The van der Waals surface area contributed by atoms with E-state index in [1.807, 2.05) is 54.6 Å². The molecule has 5 rings (SSSR count). The van der Waals surface area contributed by atoms with Crippen LogP contribution in [0.15, 0.2) is 84.9 Å². The van der Waals surface area contributed by atoms with Gasteiger partial charge in [-0.2, -0.15) is 0 Å². The van der Waals surface area contributed by atoms with Crippen LogP contribution in [0.3, 0.4) is 0 Å². The first-order valence-electron chi connectivity index (χ1n) is 12.4. The molecule has 0 saturated carbocycles. The molecule has 0 unspecified atom stereocenters. The fourth-order valence-electron chi connectivity index (χ4n) is 4.59. The van der Waals surface area contributed by atoms with E-state index in [9.17, 15) is 14.4 Å². The molecule has 3 aromatic carbocycles. The second kappa shape index (κ2) is 11.2. The second-order valence-corrected chi connectivity index (χ2v) is 9.10. The SMILES string of the molecule is O=C(N[C@@H](Cc1ccccc1)C(=O)N1CCN(C(=O)[C@@H]2COc3ccccc3O2)CC1)c1ccccc1. The number of ether oxygens (including phenoxy) is 2. The molecule has 0 aromatic heterocycles. The highest BCUT2D eigenvalue weighted by molar-refractivity contribution is 5.97. The van der Waals surface area contributed by atoms with Gasteiger partial charge in [0.1, 0.15) is 12.6 Å². The summed E-state index contributed by atoms with van der Waals surface area (Å²) in [6.45, 7) is 1.68. The summed E-state index contributed by atoms with van der Waals surface area (Å²) in [5.74, 6) is 0.576. The minimum absolute atomic E-state index is 0.152. The maximum absolute atomic E-state index is 13.5. The van der Waals surface area contributed by atoms with Crippen LogP contribution in [0.2, 0.25) is 0 Å². The number of para-hydroxylation sites is 2. The normalized spacial score (nSPS) is 17.6. The molecule has 1 N–H and O–H groups in total. The number of nitrogens with zero attached hydrogens (tertiary/aromatic N) is 2. The Labute approximate surface area is 215 Å². The molecule has 1 saturated heterocycles. The minimum atomic E-state index is -0.719. The Morgan fingerprint density at radius 1 is 0.784 bits per heavy atom. The summed E-state index contributed by atoms with van der Waals surface area (Å²) in [5.41, 5.74) is 1.46. The maximum Gasteiger partial charge on any atom is 0.267 e. The van der Waals surface area contributed by atoms with Crippen molar-refractivity contribution >= 4 is 17.7 Å². The van der Waals surface area contributed by atoms with E-state index in [-0.39, 0.29) is 24.3 Å². The predicted octanol–water partition coefficient (Wildman–Crippen LogP) is 2.54. The van der Waals surface area contributed by atoms with Crippen molar-refractivity contribution in [3.63, 3.8) is 0 Å². The highest BCUT2D eigenvalue weighted by Crippen LogP contribution is 2.31. The van der Waals surface area contributed by atoms with Crippen molar-refractivity contribution in [3.05, 3.63) is 96.1 Å². The van der Waals surface area contributed by atoms with Crippen LogP contribution in [-0.2, 0) is 16.0 Å². The molecular weight excluding hydrogens is 470 g/mol. The summed E-state index contributed by atoms with van der Waals surface area (Å²) < 4.78 is 11.6. The summed E-state index contributed by atoms with van der Waals surface area (Å²) in [7, 11) is 0. The molecule has 37 heavy (non-hydrogen) atoms. The van der Waals surface area contributed by atoms with Crippen molar-refractivity contribution in [2.45, 2.75) is 18.6 Å². The Balaban J connectivity index is 1.22.